The Bertz CT molecular complexity index is 1240. The quantitative estimate of drug-likeness (QED) is 0.453. The SMILES string of the molecule is CCC(CC)C(O)c1cnc(N2CCN(c3cnn4cc(-c5cnn(C)c5)ccc34)CC2)nc1. The molecule has 0 spiro atoms. The lowest BCUT2D eigenvalue weighted by atomic mass is 9.93. The fourth-order valence-electron chi connectivity index (χ4n) is 4.76. The standard InChI is InChI=1S/C25H32N8O/c1-4-18(5-2)24(34)20-12-26-25(27-13-20)32-10-8-31(9-11-32)23-15-29-33-17-19(6-7-22(23)33)21-14-28-30(3)16-21/h6-7,12-18,24,34H,4-5,8-11H2,1-3H3. The Morgan fingerprint density at radius 1 is 0.853 bits per heavy atom. The molecule has 5 rings (SSSR count). The molecule has 1 fully saturated rings. The molecule has 0 aromatic carbocycles. The number of rotatable bonds is 7. The Labute approximate surface area is 199 Å². The zero-order valence-corrected chi connectivity index (χ0v) is 20.0. The van der Waals surface area contributed by atoms with Crippen molar-refractivity contribution in [3.8, 4) is 11.1 Å². The number of aryl methyl sites for hydroxylation is 1. The molecule has 0 amide bonds. The van der Waals surface area contributed by atoms with E-state index < -0.39 is 6.10 Å². The van der Waals surface area contributed by atoms with E-state index in [4.69, 9.17) is 0 Å². The van der Waals surface area contributed by atoms with E-state index in [-0.39, 0.29) is 5.92 Å². The minimum absolute atomic E-state index is 0.240. The molecule has 9 nitrogen and oxygen atoms in total. The van der Waals surface area contributed by atoms with Gasteiger partial charge in [-0.15, -0.1) is 0 Å². The van der Waals surface area contributed by atoms with Crippen molar-refractivity contribution in [2.75, 3.05) is 36.0 Å². The van der Waals surface area contributed by atoms with Crippen LogP contribution in [0.1, 0.15) is 38.4 Å². The van der Waals surface area contributed by atoms with Gasteiger partial charge in [0.1, 0.15) is 0 Å². The van der Waals surface area contributed by atoms with Gasteiger partial charge in [-0.1, -0.05) is 32.8 Å². The molecule has 1 aliphatic rings. The van der Waals surface area contributed by atoms with Gasteiger partial charge < -0.3 is 14.9 Å². The molecular formula is C25H32N8O. The van der Waals surface area contributed by atoms with Crippen molar-refractivity contribution in [3.05, 3.63) is 54.9 Å². The van der Waals surface area contributed by atoms with Crippen LogP contribution in [0.2, 0.25) is 0 Å². The van der Waals surface area contributed by atoms with Crippen LogP contribution in [0.25, 0.3) is 16.6 Å². The maximum absolute atomic E-state index is 10.6. The van der Waals surface area contributed by atoms with Crippen molar-refractivity contribution >= 4 is 17.2 Å². The number of hydrogen-bond acceptors (Lipinski definition) is 7. The van der Waals surface area contributed by atoms with Crippen molar-refractivity contribution in [1.82, 2.24) is 29.4 Å². The van der Waals surface area contributed by atoms with Gasteiger partial charge in [0.25, 0.3) is 0 Å². The fraction of sp³-hybridized carbons (Fsp3) is 0.440. The number of pyridine rings is 1. The number of anilines is 2. The van der Waals surface area contributed by atoms with Gasteiger partial charge in [0.15, 0.2) is 0 Å². The van der Waals surface area contributed by atoms with E-state index in [1.165, 1.54) is 0 Å². The lowest BCUT2D eigenvalue weighted by molar-refractivity contribution is 0.103. The van der Waals surface area contributed by atoms with E-state index in [9.17, 15) is 5.11 Å². The maximum atomic E-state index is 10.6. The number of piperazine rings is 1. The largest absolute Gasteiger partial charge is 0.388 e. The smallest absolute Gasteiger partial charge is 0.225 e. The average Bonchev–Trinajstić information content (AvgIpc) is 3.51. The summed E-state index contributed by atoms with van der Waals surface area (Å²) in [5.41, 5.74) is 5.20. The summed E-state index contributed by atoms with van der Waals surface area (Å²) >= 11 is 0. The first-order valence-corrected chi connectivity index (χ1v) is 12.0. The molecule has 0 aliphatic carbocycles. The van der Waals surface area contributed by atoms with Gasteiger partial charge in [-0.25, -0.2) is 14.5 Å². The summed E-state index contributed by atoms with van der Waals surface area (Å²) in [6, 6.07) is 4.25. The lowest BCUT2D eigenvalue weighted by Crippen LogP contribution is -2.47. The van der Waals surface area contributed by atoms with Crippen LogP contribution in [0.15, 0.2) is 49.3 Å². The second-order valence-electron chi connectivity index (χ2n) is 8.99. The van der Waals surface area contributed by atoms with Gasteiger partial charge in [-0.3, -0.25) is 4.68 Å². The molecule has 1 atom stereocenters. The summed E-state index contributed by atoms with van der Waals surface area (Å²) in [4.78, 5) is 13.7. The van der Waals surface area contributed by atoms with Crippen LogP contribution in [-0.4, -0.2) is 60.6 Å². The highest BCUT2D eigenvalue weighted by molar-refractivity contribution is 5.75. The highest BCUT2D eigenvalue weighted by atomic mass is 16.3. The summed E-state index contributed by atoms with van der Waals surface area (Å²) in [6.07, 6.45) is 12.8. The third-order valence-electron chi connectivity index (χ3n) is 6.93. The average molecular weight is 461 g/mol. The molecule has 1 aliphatic heterocycles. The zero-order valence-electron chi connectivity index (χ0n) is 20.0. The van der Waals surface area contributed by atoms with Gasteiger partial charge in [-0.05, 0) is 12.0 Å². The zero-order chi connectivity index (χ0) is 23.7. The molecule has 4 aromatic heterocycles. The molecule has 0 radical (unpaired) electrons. The van der Waals surface area contributed by atoms with E-state index in [0.717, 1.165) is 72.9 Å². The third-order valence-corrected chi connectivity index (χ3v) is 6.93. The molecular weight excluding hydrogens is 428 g/mol. The summed E-state index contributed by atoms with van der Waals surface area (Å²) in [6.45, 7) is 7.62. The first-order valence-electron chi connectivity index (χ1n) is 12.0. The number of aliphatic hydroxyl groups excluding tert-OH is 1. The topological polar surface area (TPSA) is 87.6 Å². The van der Waals surface area contributed by atoms with Crippen molar-refractivity contribution in [1.29, 1.82) is 0 Å². The van der Waals surface area contributed by atoms with Crippen molar-refractivity contribution < 1.29 is 5.11 Å². The van der Waals surface area contributed by atoms with E-state index in [1.807, 2.05) is 30.2 Å². The molecule has 1 unspecified atom stereocenters. The minimum atomic E-state index is -0.504. The summed E-state index contributed by atoms with van der Waals surface area (Å²) in [5.74, 6) is 0.963. The van der Waals surface area contributed by atoms with Crippen molar-refractivity contribution in [3.63, 3.8) is 0 Å². The summed E-state index contributed by atoms with van der Waals surface area (Å²) < 4.78 is 3.75. The molecule has 5 heterocycles. The van der Waals surface area contributed by atoms with Crippen molar-refractivity contribution in [2.24, 2.45) is 13.0 Å². The molecule has 9 heteroatoms. The van der Waals surface area contributed by atoms with Gasteiger partial charge in [0.2, 0.25) is 5.95 Å². The van der Waals surface area contributed by atoms with E-state index in [1.54, 1.807) is 17.1 Å². The molecule has 178 valence electrons. The first kappa shape index (κ1) is 22.3. The second-order valence-corrected chi connectivity index (χ2v) is 8.99. The Kier molecular flexibility index (Phi) is 6.19. The van der Waals surface area contributed by atoms with Crippen LogP contribution in [0.5, 0.6) is 0 Å². The first-order chi connectivity index (χ1) is 16.6. The normalized spacial score (nSPS) is 15.4. The molecule has 1 N–H and O–H groups in total. The van der Waals surface area contributed by atoms with Gasteiger partial charge >= 0.3 is 0 Å². The molecule has 4 aromatic rings. The molecule has 1 saturated heterocycles. The number of hydrogen-bond donors (Lipinski definition) is 1. The Hall–Kier alpha value is -3.46. The van der Waals surface area contributed by atoms with E-state index >= 15 is 0 Å². The molecule has 0 saturated carbocycles. The number of aromatic nitrogens is 6. The monoisotopic (exact) mass is 460 g/mol. The van der Waals surface area contributed by atoms with Gasteiger partial charge in [-0.2, -0.15) is 10.2 Å². The predicted molar refractivity (Wildman–Crippen MR) is 133 cm³/mol. The van der Waals surface area contributed by atoms with Crippen LogP contribution in [-0.2, 0) is 7.05 Å². The number of aliphatic hydroxyl groups is 1. The molecule has 34 heavy (non-hydrogen) atoms. The van der Waals surface area contributed by atoms with Crippen LogP contribution < -0.4 is 9.80 Å². The van der Waals surface area contributed by atoms with Crippen LogP contribution in [0.3, 0.4) is 0 Å². The Balaban J connectivity index is 1.25. The maximum Gasteiger partial charge on any atom is 0.225 e. The Morgan fingerprint density at radius 3 is 2.21 bits per heavy atom. The van der Waals surface area contributed by atoms with Crippen LogP contribution in [0, 0.1) is 5.92 Å². The number of fused-ring (bicyclic) bond motifs is 1. The van der Waals surface area contributed by atoms with Crippen molar-refractivity contribution in [2.45, 2.75) is 32.8 Å². The minimum Gasteiger partial charge on any atom is -0.388 e. The second kappa shape index (κ2) is 9.42. The van der Waals surface area contributed by atoms with Crippen LogP contribution in [0.4, 0.5) is 11.6 Å². The summed E-state index contributed by atoms with van der Waals surface area (Å²) in [5, 5.41) is 19.4. The fourth-order valence-corrected chi connectivity index (χ4v) is 4.76. The van der Waals surface area contributed by atoms with E-state index in [2.05, 4.69) is 62.1 Å². The van der Waals surface area contributed by atoms with Gasteiger partial charge in [0, 0.05) is 74.7 Å². The summed E-state index contributed by atoms with van der Waals surface area (Å²) in [7, 11) is 1.92. The van der Waals surface area contributed by atoms with Crippen LogP contribution >= 0.6 is 0 Å². The highest BCUT2D eigenvalue weighted by Gasteiger charge is 2.23. The lowest BCUT2D eigenvalue weighted by Gasteiger charge is -2.35. The molecule has 0 bridgehead atoms. The third kappa shape index (κ3) is 4.23. The number of nitrogens with zero attached hydrogens (tertiary/aromatic N) is 8. The highest BCUT2D eigenvalue weighted by Crippen LogP contribution is 2.28. The van der Waals surface area contributed by atoms with Gasteiger partial charge in [0.05, 0.1) is 29.7 Å². The predicted octanol–water partition coefficient (Wildman–Crippen LogP) is 3.32. The van der Waals surface area contributed by atoms with E-state index in [0.29, 0.717) is 0 Å². The Morgan fingerprint density at radius 2 is 1.56 bits per heavy atom.